The molecule has 1 fully saturated rings. The second-order valence-corrected chi connectivity index (χ2v) is 4.54. The van der Waals surface area contributed by atoms with Crippen LogP contribution in [0.1, 0.15) is 6.42 Å². The van der Waals surface area contributed by atoms with Crippen LogP contribution in [0, 0.1) is 11.6 Å². The van der Waals surface area contributed by atoms with Gasteiger partial charge in [0.1, 0.15) is 11.6 Å². The van der Waals surface area contributed by atoms with Gasteiger partial charge in [-0.25, -0.2) is 8.78 Å². The molecule has 1 aliphatic rings. The number of rotatable bonds is 1. The molecule has 0 spiro atoms. The van der Waals surface area contributed by atoms with E-state index in [0.717, 1.165) is 6.07 Å². The van der Waals surface area contributed by atoms with Gasteiger partial charge in [0.25, 0.3) is 0 Å². The fourth-order valence-electron chi connectivity index (χ4n) is 1.69. The molecule has 1 aromatic rings. The van der Waals surface area contributed by atoms with Crippen molar-refractivity contribution < 1.29 is 13.6 Å². The van der Waals surface area contributed by atoms with Crippen LogP contribution in [0.2, 0.25) is 0 Å². The van der Waals surface area contributed by atoms with Crippen LogP contribution >= 0.6 is 15.9 Å². The molecule has 1 aliphatic heterocycles. The molecule has 1 saturated heterocycles. The lowest BCUT2D eigenvalue weighted by Gasteiger charge is -2.17. The van der Waals surface area contributed by atoms with Gasteiger partial charge in [0.15, 0.2) is 0 Å². The van der Waals surface area contributed by atoms with Crippen molar-refractivity contribution >= 4 is 27.5 Å². The molecule has 1 aromatic carbocycles. The molecular weight excluding hydrogens is 282 g/mol. The van der Waals surface area contributed by atoms with Crippen LogP contribution in [-0.4, -0.2) is 18.5 Å². The molecule has 1 heterocycles. The van der Waals surface area contributed by atoms with Crippen LogP contribution in [0.25, 0.3) is 0 Å². The third-order valence-electron chi connectivity index (χ3n) is 2.44. The average molecular weight is 291 g/mol. The van der Waals surface area contributed by atoms with Crippen molar-refractivity contribution in [2.45, 2.75) is 12.5 Å². The maximum atomic E-state index is 13.5. The summed E-state index contributed by atoms with van der Waals surface area (Å²) in [5.41, 5.74) is 5.66. The van der Waals surface area contributed by atoms with Crippen molar-refractivity contribution in [1.82, 2.24) is 0 Å². The molecule has 1 amide bonds. The Bertz CT molecular complexity index is 453. The first-order valence-corrected chi connectivity index (χ1v) is 5.49. The highest BCUT2D eigenvalue weighted by molar-refractivity contribution is 9.10. The molecule has 2 rings (SSSR count). The number of carbonyl (C=O) groups excluding carboxylic acids is 1. The van der Waals surface area contributed by atoms with E-state index >= 15 is 0 Å². The fraction of sp³-hybridized carbons (Fsp3) is 0.300. The van der Waals surface area contributed by atoms with Crippen molar-refractivity contribution in [2.75, 3.05) is 11.4 Å². The lowest BCUT2D eigenvalue weighted by Crippen LogP contribution is -2.28. The van der Waals surface area contributed by atoms with Gasteiger partial charge in [-0.3, -0.25) is 4.79 Å². The largest absolute Gasteiger partial charge is 0.326 e. The lowest BCUT2D eigenvalue weighted by atomic mass is 10.2. The van der Waals surface area contributed by atoms with Crippen LogP contribution in [-0.2, 0) is 4.79 Å². The van der Waals surface area contributed by atoms with Crippen molar-refractivity contribution in [1.29, 1.82) is 0 Å². The van der Waals surface area contributed by atoms with E-state index in [1.807, 2.05) is 0 Å². The molecule has 3 nitrogen and oxygen atoms in total. The highest BCUT2D eigenvalue weighted by Crippen LogP contribution is 2.29. The molecule has 1 unspecified atom stereocenters. The highest BCUT2D eigenvalue weighted by atomic mass is 79.9. The molecule has 0 aromatic heterocycles. The summed E-state index contributed by atoms with van der Waals surface area (Å²) in [4.78, 5) is 12.7. The first-order valence-electron chi connectivity index (χ1n) is 4.69. The first-order chi connectivity index (χ1) is 7.49. The molecule has 1 atom stereocenters. The second-order valence-electron chi connectivity index (χ2n) is 3.69. The number of anilines is 1. The summed E-state index contributed by atoms with van der Waals surface area (Å²) >= 11 is 2.95. The van der Waals surface area contributed by atoms with Crippen LogP contribution in [0.15, 0.2) is 16.6 Å². The topological polar surface area (TPSA) is 46.3 Å². The van der Waals surface area contributed by atoms with Crippen molar-refractivity contribution in [2.24, 2.45) is 5.73 Å². The lowest BCUT2D eigenvalue weighted by molar-refractivity contribution is -0.117. The predicted molar refractivity (Wildman–Crippen MR) is 59.0 cm³/mol. The molecule has 6 heteroatoms. The number of carbonyl (C=O) groups is 1. The minimum atomic E-state index is -0.761. The van der Waals surface area contributed by atoms with Gasteiger partial charge in [-0.05, 0) is 22.0 Å². The Morgan fingerprint density at radius 2 is 2.06 bits per heavy atom. The molecule has 86 valence electrons. The molecule has 0 saturated carbocycles. The van der Waals surface area contributed by atoms with E-state index in [1.54, 1.807) is 0 Å². The van der Waals surface area contributed by atoms with Crippen molar-refractivity contribution in [3.8, 4) is 0 Å². The molecule has 16 heavy (non-hydrogen) atoms. The molecule has 0 bridgehead atoms. The van der Waals surface area contributed by atoms with Crippen molar-refractivity contribution in [3.63, 3.8) is 0 Å². The van der Waals surface area contributed by atoms with Crippen molar-refractivity contribution in [3.05, 3.63) is 28.2 Å². The van der Waals surface area contributed by atoms with Crippen LogP contribution in [0.4, 0.5) is 14.5 Å². The maximum absolute atomic E-state index is 13.5. The first kappa shape index (κ1) is 11.5. The Morgan fingerprint density at radius 1 is 1.38 bits per heavy atom. The van der Waals surface area contributed by atoms with E-state index in [-0.39, 0.29) is 35.1 Å². The van der Waals surface area contributed by atoms with Crippen LogP contribution in [0.5, 0.6) is 0 Å². The number of hydrogen-bond acceptors (Lipinski definition) is 2. The summed E-state index contributed by atoms with van der Waals surface area (Å²) in [6.45, 7) is 0.258. The maximum Gasteiger partial charge on any atom is 0.228 e. The standard InChI is InChI=1S/C10H9BrF2N2O/c11-6-2-9(8(13)3-7(6)12)15-4-5(14)1-10(15)16/h2-3,5H,1,4,14H2. The van der Waals surface area contributed by atoms with E-state index in [0.29, 0.717) is 0 Å². The monoisotopic (exact) mass is 290 g/mol. The number of hydrogen-bond donors (Lipinski definition) is 1. The number of nitrogens with two attached hydrogens (primary N) is 1. The Balaban J connectivity index is 2.41. The van der Waals surface area contributed by atoms with Gasteiger partial charge in [0, 0.05) is 25.1 Å². The Labute approximate surface area is 99.3 Å². The molecular formula is C10H9BrF2N2O. The third-order valence-corrected chi connectivity index (χ3v) is 3.04. The summed E-state index contributed by atoms with van der Waals surface area (Å²) in [7, 11) is 0. The summed E-state index contributed by atoms with van der Waals surface area (Å²) < 4.78 is 26.6. The Morgan fingerprint density at radius 3 is 2.62 bits per heavy atom. The average Bonchev–Trinajstić information content (AvgIpc) is 2.51. The summed E-state index contributed by atoms with van der Waals surface area (Å²) in [6, 6.07) is 1.70. The SMILES string of the molecule is NC1CC(=O)N(c2cc(Br)c(F)cc2F)C1. The Hall–Kier alpha value is -1.01. The molecule has 0 radical (unpaired) electrons. The van der Waals surface area contributed by atoms with Gasteiger partial charge in [-0.1, -0.05) is 0 Å². The normalized spacial score (nSPS) is 20.6. The molecule has 2 N–H and O–H groups in total. The minimum absolute atomic E-state index is 0.0613. The van der Waals surface area contributed by atoms with E-state index < -0.39 is 11.6 Å². The third kappa shape index (κ3) is 1.94. The minimum Gasteiger partial charge on any atom is -0.326 e. The van der Waals surface area contributed by atoms with Crippen LogP contribution in [0.3, 0.4) is 0 Å². The van der Waals surface area contributed by atoms with Gasteiger partial charge < -0.3 is 10.6 Å². The summed E-state index contributed by atoms with van der Waals surface area (Å²) in [5.74, 6) is -1.70. The van der Waals surface area contributed by atoms with Crippen LogP contribution < -0.4 is 10.6 Å². The van der Waals surface area contributed by atoms with Gasteiger partial charge in [-0.2, -0.15) is 0 Å². The summed E-state index contributed by atoms with van der Waals surface area (Å²) in [6.07, 6.45) is 0.189. The van der Waals surface area contributed by atoms with E-state index in [2.05, 4.69) is 15.9 Å². The van der Waals surface area contributed by atoms with Gasteiger partial charge in [-0.15, -0.1) is 0 Å². The van der Waals surface area contributed by atoms with E-state index in [1.165, 1.54) is 11.0 Å². The summed E-state index contributed by atoms with van der Waals surface area (Å²) in [5, 5.41) is 0. The number of halogens is 3. The highest BCUT2D eigenvalue weighted by Gasteiger charge is 2.30. The predicted octanol–water partition coefficient (Wildman–Crippen LogP) is 1.79. The zero-order valence-corrected chi connectivity index (χ0v) is 9.80. The molecule has 0 aliphatic carbocycles. The zero-order chi connectivity index (χ0) is 11.9. The van der Waals surface area contributed by atoms with E-state index in [4.69, 9.17) is 5.73 Å². The number of nitrogens with zero attached hydrogens (tertiary/aromatic N) is 1. The number of amides is 1. The second kappa shape index (κ2) is 4.10. The fourth-order valence-corrected chi connectivity index (χ4v) is 2.02. The smallest absolute Gasteiger partial charge is 0.228 e. The van der Waals surface area contributed by atoms with Gasteiger partial charge >= 0.3 is 0 Å². The zero-order valence-electron chi connectivity index (χ0n) is 8.21. The van der Waals surface area contributed by atoms with E-state index in [9.17, 15) is 13.6 Å². The quantitative estimate of drug-likeness (QED) is 0.802. The van der Waals surface area contributed by atoms with Gasteiger partial charge in [0.2, 0.25) is 5.91 Å². The number of benzene rings is 1. The Kier molecular flexibility index (Phi) is 2.94. The van der Waals surface area contributed by atoms with Gasteiger partial charge in [0.05, 0.1) is 10.2 Å².